The first-order valence-electron chi connectivity index (χ1n) is 5.50. The monoisotopic (exact) mass is 270 g/mol. The van der Waals surface area contributed by atoms with E-state index in [-0.39, 0.29) is 18.6 Å². The second-order valence-corrected chi connectivity index (χ2v) is 3.57. The third kappa shape index (κ3) is 4.17. The van der Waals surface area contributed by atoms with Crippen molar-refractivity contribution in [1.29, 1.82) is 0 Å². The fourth-order valence-electron chi connectivity index (χ4n) is 1.36. The molecule has 0 amide bonds. The summed E-state index contributed by atoms with van der Waals surface area (Å²) in [6.07, 6.45) is 2.45. The molecule has 0 heterocycles. The average Bonchev–Trinajstić information content (AvgIpc) is 2.31. The van der Waals surface area contributed by atoms with Crippen molar-refractivity contribution < 1.29 is 28.2 Å². The number of carbonyl (C=O) groups excluding carboxylic acids is 1. The van der Waals surface area contributed by atoms with Gasteiger partial charge in [-0.3, -0.25) is 4.79 Å². The van der Waals surface area contributed by atoms with Gasteiger partial charge in [0.1, 0.15) is 11.6 Å². The van der Waals surface area contributed by atoms with Crippen LogP contribution >= 0.6 is 0 Å². The molecule has 0 spiro atoms. The van der Waals surface area contributed by atoms with E-state index in [0.29, 0.717) is 6.07 Å². The predicted molar refractivity (Wildman–Crippen MR) is 63.6 cm³/mol. The summed E-state index contributed by atoms with van der Waals surface area (Å²) in [5.74, 6) is -4.02. The molecule has 6 heteroatoms. The Balaban J connectivity index is 2.89. The first-order chi connectivity index (χ1) is 8.95. The number of benzene rings is 1. The maximum Gasteiger partial charge on any atom is 0.338 e. The molecular formula is C13H12F2O4. The Morgan fingerprint density at radius 1 is 1.32 bits per heavy atom. The van der Waals surface area contributed by atoms with Crippen LogP contribution in [-0.4, -0.2) is 23.7 Å². The molecule has 0 aliphatic carbocycles. The molecule has 0 saturated heterocycles. The smallest absolute Gasteiger partial charge is 0.338 e. The third-order valence-electron chi connectivity index (χ3n) is 2.20. The largest absolute Gasteiger partial charge is 0.478 e. The molecule has 0 unspecified atom stereocenters. The molecule has 1 aromatic carbocycles. The number of halogens is 2. The first-order valence-corrected chi connectivity index (χ1v) is 5.50. The number of carbonyl (C=O) groups is 2. The van der Waals surface area contributed by atoms with E-state index in [2.05, 4.69) is 4.74 Å². The summed E-state index contributed by atoms with van der Waals surface area (Å²) < 4.78 is 31.1. The van der Waals surface area contributed by atoms with Crippen molar-refractivity contribution in [3.8, 4) is 0 Å². The molecule has 0 radical (unpaired) electrons. The van der Waals surface area contributed by atoms with E-state index >= 15 is 0 Å². The molecule has 1 aromatic rings. The van der Waals surface area contributed by atoms with Gasteiger partial charge in [-0.15, -0.1) is 0 Å². The lowest BCUT2D eigenvalue weighted by Crippen LogP contribution is -2.03. The highest BCUT2D eigenvalue weighted by Gasteiger charge is 2.13. The zero-order valence-corrected chi connectivity index (χ0v) is 10.2. The van der Waals surface area contributed by atoms with Gasteiger partial charge < -0.3 is 9.84 Å². The van der Waals surface area contributed by atoms with Gasteiger partial charge in [0, 0.05) is 11.6 Å². The second-order valence-electron chi connectivity index (χ2n) is 3.57. The number of esters is 1. The molecule has 1 N–H and O–H groups in total. The van der Waals surface area contributed by atoms with Crippen molar-refractivity contribution in [3.63, 3.8) is 0 Å². The maximum atomic E-state index is 13.4. The van der Waals surface area contributed by atoms with Crippen molar-refractivity contribution in [2.24, 2.45) is 0 Å². The molecule has 0 aliphatic heterocycles. The zero-order chi connectivity index (χ0) is 14.4. The van der Waals surface area contributed by atoms with Crippen molar-refractivity contribution in [2.75, 3.05) is 6.61 Å². The predicted octanol–water partition coefficient (Wildman–Crippen LogP) is 2.63. The van der Waals surface area contributed by atoms with E-state index in [4.69, 9.17) is 5.11 Å². The number of aromatic carboxylic acids is 1. The number of ether oxygens (including phenoxy) is 1. The van der Waals surface area contributed by atoms with Crippen molar-refractivity contribution in [3.05, 3.63) is 41.0 Å². The van der Waals surface area contributed by atoms with Crippen molar-refractivity contribution in [2.45, 2.75) is 13.3 Å². The lowest BCUT2D eigenvalue weighted by molar-refractivity contribution is -0.142. The highest BCUT2D eigenvalue weighted by molar-refractivity contribution is 5.88. The number of hydrogen-bond donors (Lipinski definition) is 1. The van der Waals surface area contributed by atoms with Crippen molar-refractivity contribution in [1.82, 2.24) is 0 Å². The van der Waals surface area contributed by atoms with Gasteiger partial charge in [0.05, 0.1) is 18.6 Å². The lowest BCUT2D eigenvalue weighted by Gasteiger charge is -2.02. The molecule has 1 rings (SSSR count). The summed E-state index contributed by atoms with van der Waals surface area (Å²) in [4.78, 5) is 21.7. The molecule has 0 bridgehead atoms. The van der Waals surface area contributed by atoms with Crippen LogP contribution in [0, 0.1) is 11.6 Å². The fourth-order valence-corrected chi connectivity index (χ4v) is 1.36. The number of rotatable bonds is 5. The Hall–Kier alpha value is -2.24. The highest BCUT2D eigenvalue weighted by atomic mass is 19.1. The maximum absolute atomic E-state index is 13.4. The van der Waals surface area contributed by atoms with Gasteiger partial charge in [-0.25, -0.2) is 13.6 Å². The van der Waals surface area contributed by atoms with E-state index in [1.165, 1.54) is 12.2 Å². The number of carboxylic acids is 1. The normalized spacial score (nSPS) is 10.7. The molecule has 0 saturated carbocycles. The molecule has 0 fully saturated rings. The lowest BCUT2D eigenvalue weighted by atomic mass is 10.1. The molecule has 0 aromatic heterocycles. The third-order valence-corrected chi connectivity index (χ3v) is 2.20. The summed E-state index contributed by atoms with van der Waals surface area (Å²) in [5.41, 5.74) is -0.736. The van der Waals surface area contributed by atoms with E-state index in [1.807, 2.05) is 0 Å². The number of carboxylic acid groups (broad SMARTS) is 1. The van der Waals surface area contributed by atoms with Gasteiger partial charge in [-0.1, -0.05) is 12.2 Å². The summed E-state index contributed by atoms with van der Waals surface area (Å²) in [7, 11) is 0. The SMILES string of the molecule is CCOC(=O)CC=Cc1cc(C(=O)O)c(F)cc1F. The van der Waals surface area contributed by atoms with Crippen LogP contribution in [0.4, 0.5) is 8.78 Å². The van der Waals surface area contributed by atoms with E-state index in [0.717, 1.165) is 6.07 Å². The van der Waals surface area contributed by atoms with E-state index < -0.39 is 29.1 Å². The van der Waals surface area contributed by atoms with Crippen LogP contribution in [-0.2, 0) is 9.53 Å². The van der Waals surface area contributed by atoms with Gasteiger partial charge in [-0.2, -0.15) is 0 Å². The average molecular weight is 270 g/mol. The Kier molecular flexibility index (Phi) is 5.17. The van der Waals surface area contributed by atoms with Gasteiger partial charge in [-0.05, 0) is 13.0 Å². The first kappa shape index (κ1) is 14.8. The minimum atomic E-state index is -1.49. The molecular weight excluding hydrogens is 258 g/mol. The number of hydrogen-bond acceptors (Lipinski definition) is 3. The van der Waals surface area contributed by atoms with Crippen LogP contribution in [0.1, 0.15) is 29.3 Å². The fraction of sp³-hybridized carbons (Fsp3) is 0.231. The molecule has 0 atom stereocenters. The molecule has 102 valence electrons. The van der Waals surface area contributed by atoms with Crippen LogP contribution in [0.2, 0.25) is 0 Å². The van der Waals surface area contributed by atoms with Gasteiger partial charge in [0.2, 0.25) is 0 Å². The summed E-state index contributed by atoms with van der Waals surface area (Å²) in [6, 6.07) is 1.36. The van der Waals surface area contributed by atoms with Gasteiger partial charge >= 0.3 is 11.9 Å². The van der Waals surface area contributed by atoms with Crippen LogP contribution in [0.15, 0.2) is 18.2 Å². The van der Waals surface area contributed by atoms with Crippen LogP contribution in [0.3, 0.4) is 0 Å². The van der Waals surface area contributed by atoms with E-state index in [9.17, 15) is 18.4 Å². The standard InChI is InChI=1S/C13H12F2O4/c1-2-19-12(16)5-3-4-8-6-9(13(17)18)11(15)7-10(8)14/h3-4,6-7H,2,5H2,1H3,(H,17,18). The van der Waals surface area contributed by atoms with Crippen LogP contribution < -0.4 is 0 Å². The van der Waals surface area contributed by atoms with Crippen LogP contribution in [0.5, 0.6) is 0 Å². The minimum Gasteiger partial charge on any atom is -0.478 e. The Morgan fingerprint density at radius 2 is 2.00 bits per heavy atom. The summed E-state index contributed by atoms with van der Waals surface area (Å²) >= 11 is 0. The molecule has 4 nitrogen and oxygen atoms in total. The molecule has 19 heavy (non-hydrogen) atoms. The van der Waals surface area contributed by atoms with Gasteiger partial charge in [0.15, 0.2) is 0 Å². The quantitative estimate of drug-likeness (QED) is 0.835. The zero-order valence-electron chi connectivity index (χ0n) is 10.2. The Morgan fingerprint density at radius 3 is 2.58 bits per heavy atom. The molecule has 0 aliphatic rings. The minimum absolute atomic E-state index is 0.0763. The summed E-state index contributed by atoms with van der Waals surface area (Å²) in [6.45, 7) is 1.89. The van der Waals surface area contributed by atoms with E-state index in [1.54, 1.807) is 6.92 Å². The van der Waals surface area contributed by atoms with Crippen LogP contribution in [0.25, 0.3) is 6.08 Å². The van der Waals surface area contributed by atoms with Gasteiger partial charge in [0.25, 0.3) is 0 Å². The van der Waals surface area contributed by atoms with Crippen molar-refractivity contribution >= 4 is 18.0 Å². The Bertz CT molecular complexity index is 524. The summed E-state index contributed by atoms with van der Waals surface area (Å²) in [5, 5.41) is 8.70. The highest BCUT2D eigenvalue weighted by Crippen LogP contribution is 2.16. The second kappa shape index (κ2) is 6.63. The Labute approximate surface area is 108 Å². The topological polar surface area (TPSA) is 63.6 Å².